The number of nitrogens with one attached hydrogen (secondary N) is 1. The molecule has 2 aromatic heterocycles. The first-order chi connectivity index (χ1) is 14.0. The van der Waals surface area contributed by atoms with Crippen molar-refractivity contribution in [2.45, 2.75) is 6.04 Å². The topological polar surface area (TPSA) is 90.9 Å². The van der Waals surface area contributed by atoms with Gasteiger partial charge in [0.15, 0.2) is 11.2 Å². The highest BCUT2D eigenvalue weighted by Gasteiger charge is 2.27. The monoisotopic (exact) mass is 389 g/mol. The van der Waals surface area contributed by atoms with Crippen LogP contribution in [0.25, 0.3) is 11.2 Å². The summed E-state index contributed by atoms with van der Waals surface area (Å²) < 4.78 is 3.83. The third-order valence-corrected chi connectivity index (χ3v) is 4.86. The smallest absolute Gasteiger partial charge is 0.324 e. The maximum absolute atomic E-state index is 13.3. The van der Waals surface area contributed by atoms with E-state index in [2.05, 4.69) is 10.3 Å². The van der Waals surface area contributed by atoms with Crippen molar-refractivity contribution < 1.29 is 4.79 Å². The summed E-state index contributed by atoms with van der Waals surface area (Å²) in [4.78, 5) is 42.6. The fourth-order valence-electron chi connectivity index (χ4n) is 3.37. The van der Waals surface area contributed by atoms with Crippen LogP contribution in [0.3, 0.4) is 0 Å². The Labute approximate surface area is 165 Å². The van der Waals surface area contributed by atoms with E-state index in [1.165, 1.54) is 22.5 Å². The molecule has 146 valence electrons. The van der Waals surface area contributed by atoms with Gasteiger partial charge in [0.05, 0.1) is 6.33 Å². The molecule has 0 saturated heterocycles. The third-order valence-electron chi connectivity index (χ3n) is 4.86. The van der Waals surface area contributed by atoms with Crippen LogP contribution in [0.1, 0.15) is 11.6 Å². The van der Waals surface area contributed by atoms with E-state index in [1.54, 1.807) is 19.2 Å². The van der Waals surface area contributed by atoms with Gasteiger partial charge in [0.25, 0.3) is 11.5 Å². The van der Waals surface area contributed by atoms with Crippen LogP contribution in [0.15, 0.2) is 76.6 Å². The highest BCUT2D eigenvalue weighted by Crippen LogP contribution is 2.23. The minimum atomic E-state index is -0.841. The van der Waals surface area contributed by atoms with Crippen molar-refractivity contribution in [1.82, 2.24) is 18.7 Å². The lowest BCUT2D eigenvalue weighted by Crippen LogP contribution is -2.38. The molecule has 0 fully saturated rings. The quantitative estimate of drug-likeness (QED) is 0.575. The van der Waals surface area contributed by atoms with Crippen LogP contribution in [0.2, 0.25) is 0 Å². The second-order valence-electron chi connectivity index (χ2n) is 6.70. The van der Waals surface area contributed by atoms with Gasteiger partial charge in [-0.3, -0.25) is 18.7 Å². The summed E-state index contributed by atoms with van der Waals surface area (Å²) in [7, 11) is 2.95. The van der Waals surface area contributed by atoms with E-state index in [9.17, 15) is 14.4 Å². The maximum Gasteiger partial charge on any atom is 0.332 e. The van der Waals surface area contributed by atoms with E-state index in [0.717, 1.165) is 4.57 Å². The molecule has 2 aromatic carbocycles. The Morgan fingerprint density at radius 3 is 2.21 bits per heavy atom. The molecule has 1 atom stereocenters. The van der Waals surface area contributed by atoms with Crippen LogP contribution < -0.4 is 16.6 Å². The molecule has 4 aromatic rings. The SMILES string of the molecule is Cn1c(=O)c2c(ncn2C(C(=O)Nc2ccccc2)c2ccccc2)n(C)c1=O. The van der Waals surface area contributed by atoms with Gasteiger partial charge in [-0.05, 0) is 17.7 Å². The average molecular weight is 389 g/mol. The van der Waals surface area contributed by atoms with Crippen LogP contribution in [-0.2, 0) is 18.9 Å². The second-order valence-corrected chi connectivity index (χ2v) is 6.70. The molecule has 4 rings (SSSR count). The Balaban J connectivity index is 1.92. The molecule has 8 nitrogen and oxygen atoms in total. The number of para-hydroxylation sites is 1. The van der Waals surface area contributed by atoms with Crippen LogP contribution >= 0.6 is 0 Å². The number of fused-ring (bicyclic) bond motifs is 1. The molecule has 0 spiro atoms. The fraction of sp³-hybridized carbons (Fsp3) is 0.143. The first-order valence-electron chi connectivity index (χ1n) is 9.02. The number of benzene rings is 2. The molecule has 2 heterocycles. The number of nitrogens with zero attached hydrogens (tertiary/aromatic N) is 4. The van der Waals surface area contributed by atoms with Gasteiger partial charge in [-0.2, -0.15) is 0 Å². The Bertz CT molecular complexity index is 1300. The van der Waals surface area contributed by atoms with Crippen molar-refractivity contribution in [2.75, 3.05) is 5.32 Å². The predicted octanol–water partition coefficient (Wildman–Crippen LogP) is 1.66. The highest BCUT2D eigenvalue weighted by molar-refractivity contribution is 5.96. The Morgan fingerprint density at radius 2 is 1.55 bits per heavy atom. The van der Waals surface area contributed by atoms with Gasteiger partial charge < -0.3 is 9.88 Å². The zero-order valence-electron chi connectivity index (χ0n) is 15.9. The van der Waals surface area contributed by atoms with E-state index < -0.39 is 17.3 Å². The van der Waals surface area contributed by atoms with Gasteiger partial charge in [-0.1, -0.05) is 48.5 Å². The lowest BCUT2D eigenvalue weighted by Gasteiger charge is -2.19. The average Bonchev–Trinajstić information content (AvgIpc) is 3.17. The summed E-state index contributed by atoms with van der Waals surface area (Å²) in [5, 5.41) is 2.89. The standard InChI is InChI=1S/C21H19N5O3/c1-24-18-17(20(28)25(2)21(24)29)26(13-22-18)16(14-9-5-3-6-10-14)19(27)23-15-11-7-4-8-12-15/h3-13,16H,1-2H3,(H,23,27). The van der Waals surface area contributed by atoms with Crippen LogP contribution in [0, 0.1) is 0 Å². The molecule has 8 heteroatoms. The molecular weight excluding hydrogens is 370 g/mol. The van der Waals surface area contributed by atoms with Gasteiger partial charge in [0.2, 0.25) is 0 Å². The molecule has 1 N–H and O–H groups in total. The van der Waals surface area contributed by atoms with Crippen molar-refractivity contribution in [3.05, 3.63) is 93.4 Å². The minimum Gasteiger partial charge on any atom is -0.324 e. The number of aromatic nitrogens is 4. The van der Waals surface area contributed by atoms with E-state index >= 15 is 0 Å². The molecule has 0 aliphatic heterocycles. The van der Waals surface area contributed by atoms with E-state index in [0.29, 0.717) is 11.3 Å². The number of amides is 1. The number of aryl methyl sites for hydroxylation is 1. The van der Waals surface area contributed by atoms with Gasteiger partial charge >= 0.3 is 5.69 Å². The largest absolute Gasteiger partial charge is 0.332 e. The number of imidazole rings is 1. The Kier molecular flexibility index (Phi) is 4.59. The minimum absolute atomic E-state index is 0.187. The number of carbonyl (C=O) groups is 1. The van der Waals surface area contributed by atoms with Gasteiger partial charge in [0.1, 0.15) is 6.04 Å². The molecule has 0 saturated carbocycles. The second kappa shape index (κ2) is 7.23. The summed E-state index contributed by atoms with van der Waals surface area (Å²) in [6.07, 6.45) is 1.42. The van der Waals surface area contributed by atoms with Gasteiger partial charge in [-0.25, -0.2) is 9.78 Å². The van der Waals surface area contributed by atoms with E-state index in [1.807, 2.05) is 48.5 Å². The number of rotatable bonds is 4. The maximum atomic E-state index is 13.3. The molecule has 0 aliphatic carbocycles. The van der Waals surface area contributed by atoms with Crippen LogP contribution in [-0.4, -0.2) is 24.6 Å². The normalized spacial score (nSPS) is 12.1. The third kappa shape index (κ3) is 3.14. The van der Waals surface area contributed by atoms with E-state index in [-0.39, 0.29) is 17.1 Å². The number of anilines is 1. The van der Waals surface area contributed by atoms with Gasteiger partial charge in [-0.15, -0.1) is 0 Å². The summed E-state index contributed by atoms with van der Waals surface area (Å²) in [6, 6.07) is 17.4. The number of hydrogen-bond donors (Lipinski definition) is 1. The van der Waals surface area contributed by atoms with Crippen molar-refractivity contribution in [3.63, 3.8) is 0 Å². The lowest BCUT2D eigenvalue weighted by atomic mass is 10.1. The first-order valence-corrected chi connectivity index (χ1v) is 9.02. The fourth-order valence-corrected chi connectivity index (χ4v) is 3.37. The molecule has 0 bridgehead atoms. The molecule has 0 radical (unpaired) electrons. The zero-order chi connectivity index (χ0) is 20.5. The molecule has 1 amide bonds. The van der Waals surface area contributed by atoms with Gasteiger partial charge in [0, 0.05) is 19.8 Å². The van der Waals surface area contributed by atoms with Crippen molar-refractivity contribution >= 4 is 22.8 Å². The summed E-state index contributed by atoms with van der Waals surface area (Å²) >= 11 is 0. The predicted molar refractivity (Wildman–Crippen MR) is 110 cm³/mol. The summed E-state index contributed by atoms with van der Waals surface area (Å²) in [5.74, 6) is -0.322. The van der Waals surface area contributed by atoms with Crippen molar-refractivity contribution in [1.29, 1.82) is 0 Å². The van der Waals surface area contributed by atoms with Crippen LogP contribution in [0.5, 0.6) is 0 Å². The van der Waals surface area contributed by atoms with E-state index in [4.69, 9.17) is 0 Å². The first kappa shape index (κ1) is 18.4. The Hall–Kier alpha value is -3.94. The molecule has 1 unspecified atom stereocenters. The molecule has 29 heavy (non-hydrogen) atoms. The number of hydrogen-bond acceptors (Lipinski definition) is 4. The summed E-state index contributed by atoms with van der Waals surface area (Å²) in [6.45, 7) is 0. The van der Waals surface area contributed by atoms with Crippen molar-refractivity contribution in [2.24, 2.45) is 14.1 Å². The van der Waals surface area contributed by atoms with Crippen LogP contribution in [0.4, 0.5) is 5.69 Å². The Morgan fingerprint density at radius 1 is 0.931 bits per heavy atom. The number of carbonyl (C=O) groups excluding carboxylic acids is 1. The zero-order valence-corrected chi connectivity index (χ0v) is 15.9. The highest BCUT2D eigenvalue weighted by atomic mass is 16.2. The lowest BCUT2D eigenvalue weighted by molar-refractivity contribution is -0.118. The van der Waals surface area contributed by atoms with Crippen molar-refractivity contribution in [3.8, 4) is 0 Å². The summed E-state index contributed by atoms with van der Waals surface area (Å²) in [5.41, 5.74) is 0.768. The molecular formula is C21H19N5O3. The molecule has 0 aliphatic rings.